The van der Waals surface area contributed by atoms with Gasteiger partial charge in [0.25, 0.3) is 0 Å². The maximum absolute atomic E-state index is 6.72. The van der Waals surface area contributed by atoms with Gasteiger partial charge in [-0.05, 0) is 42.4 Å². The van der Waals surface area contributed by atoms with Gasteiger partial charge < -0.3 is 13.3 Å². The van der Waals surface area contributed by atoms with E-state index in [2.05, 4.69) is 97.9 Å². The van der Waals surface area contributed by atoms with Crippen LogP contribution in [0.2, 0.25) is 6.04 Å². The van der Waals surface area contributed by atoms with Crippen molar-refractivity contribution in [3.63, 3.8) is 0 Å². The van der Waals surface area contributed by atoms with Crippen molar-refractivity contribution < 1.29 is 13.3 Å². The molecule has 0 saturated heterocycles. The third-order valence-corrected chi connectivity index (χ3v) is 11.4. The Kier molecular flexibility index (Phi) is 19.8. The van der Waals surface area contributed by atoms with Crippen molar-refractivity contribution in [2.24, 2.45) is 0 Å². The van der Waals surface area contributed by atoms with Crippen molar-refractivity contribution in [2.45, 2.75) is 122 Å². The molecule has 3 rings (SSSR count). The lowest BCUT2D eigenvalue weighted by Crippen LogP contribution is -2.47. The minimum Gasteiger partial charge on any atom is -0.373 e. The third kappa shape index (κ3) is 16.7. The number of hydrogen-bond donors (Lipinski definition) is 0. The van der Waals surface area contributed by atoms with E-state index in [9.17, 15) is 0 Å². The molecule has 0 fully saturated rings. The van der Waals surface area contributed by atoms with Gasteiger partial charge in [-0.1, -0.05) is 181 Å². The average molecular weight is 617 g/mol. The Labute approximate surface area is 271 Å². The Balaban J connectivity index is 1.47. The molecule has 0 amide bonds. The van der Waals surface area contributed by atoms with Crippen LogP contribution in [0, 0.1) is 0 Å². The fourth-order valence-electron chi connectivity index (χ4n) is 5.78. The molecular formula is C40H60O3Si. The van der Waals surface area contributed by atoms with Crippen molar-refractivity contribution in [1.82, 2.24) is 0 Å². The normalized spacial score (nSPS) is 11.7. The van der Waals surface area contributed by atoms with Gasteiger partial charge >= 0.3 is 8.80 Å². The van der Waals surface area contributed by atoms with Crippen molar-refractivity contribution in [1.29, 1.82) is 0 Å². The van der Waals surface area contributed by atoms with E-state index in [1.54, 1.807) is 0 Å². The summed E-state index contributed by atoms with van der Waals surface area (Å²) in [4.78, 5) is 0. The molecule has 0 spiro atoms. The second-order valence-electron chi connectivity index (χ2n) is 12.3. The fourth-order valence-corrected chi connectivity index (χ4v) is 8.39. The van der Waals surface area contributed by atoms with Crippen LogP contribution in [-0.4, -0.2) is 28.6 Å². The summed E-state index contributed by atoms with van der Waals surface area (Å²) in [5.74, 6) is 0. The van der Waals surface area contributed by atoms with Gasteiger partial charge in [0.1, 0.15) is 0 Å². The smallest absolute Gasteiger partial charge is 0.373 e. The summed E-state index contributed by atoms with van der Waals surface area (Å²) in [7, 11) is -2.86. The molecule has 242 valence electrons. The minimum atomic E-state index is -2.86. The Morgan fingerprint density at radius 2 is 0.682 bits per heavy atom. The van der Waals surface area contributed by atoms with Crippen LogP contribution in [0.3, 0.4) is 0 Å². The van der Waals surface area contributed by atoms with Gasteiger partial charge in [0.15, 0.2) is 0 Å². The predicted octanol–water partition coefficient (Wildman–Crippen LogP) is 11.2. The summed E-state index contributed by atoms with van der Waals surface area (Å²) in [6.45, 7) is 4.18. The molecule has 0 atom stereocenters. The Morgan fingerprint density at radius 3 is 1.00 bits per heavy atom. The zero-order valence-corrected chi connectivity index (χ0v) is 28.7. The molecule has 3 aromatic rings. The highest BCUT2D eigenvalue weighted by Gasteiger charge is 2.40. The zero-order valence-electron chi connectivity index (χ0n) is 27.7. The molecule has 0 aromatic heterocycles. The summed E-state index contributed by atoms with van der Waals surface area (Å²) in [5, 5.41) is 0. The van der Waals surface area contributed by atoms with E-state index in [4.69, 9.17) is 13.3 Å². The zero-order chi connectivity index (χ0) is 30.8. The SMILES string of the molecule is CCCCCCCCCCCCCCCC[Si](OCCc1ccccc1)(OCCc1ccccc1)OCCc1ccccc1. The highest BCUT2D eigenvalue weighted by molar-refractivity contribution is 6.60. The summed E-state index contributed by atoms with van der Waals surface area (Å²) >= 11 is 0. The van der Waals surface area contributed by atoms with E-state index in [0.29, 0.717) is 19.8 Å². The lowest BCUT2D eigenvalue weighted by atomic mass is 10.0. The van der Waals surface area contributed by atoms with E-state index in [1.165, 1.54) is 100 Å². The molecule has 0 heterocycles. The minimum absolute atomic E-state index is 0.630. The topological polar surface area (TPSA) is 27.7 Å². The van der Waals surface area contributed by atoms with Crippen LogP contribution < -0.4 is 0 Å². The second kappa shape index (κ2) is 24.0. The molecule has 4 heteroatoms. The van der Waals surface area contributed by atoms with Crippen LogP contribution in [0.1, 0.15) is 114 Å². The molecule has 0 aliphatic heterocycles. The number of hydrogen-bond acceptors (Lipinski definition) is 3. The molecule has 0 bridgehead atoms. The summed E-state index contributed by atoms with van der Waals surface area (Å²) in [6, 6.07) is 32.7. The van der Waals surface area contributed by atoms with Gasteiger partial charge in [-0.3, -0.25) is 0 Å². The lowest BCUT2D eigenvalue weighted by molar-refractivity contribution is 0.0608. The molecule has 0 aliphatic rings. The largest absolute Gasteiger partial charge is 0.500 e. The monoisotopic (exact) mass is 616 g/mol. The van der Waals surface area contributed by atoms with Crippen molar-refractivity contribution in [3.05, 3.63) is 108 Å². The van der Waals surface area contributed by atoms with Crippen LogP contribution in [0.5, 0.6) is 0 Å². The van der Waals surface area contributed by atoms with Crippen LogP contribution in [0.25, 0.3) is 0 Å². The number of benzene rings is 3. The van der Waals surface area contributed by atoms with Crippen LogP contribution in [0.4, 0.5) is 0 Å². The van der Waals surface area contributed by atoms with Gasteiger partial charge in [0.05, 0.1) is 0 Å². The maximum Gasteiger partial charge on any atom is 0.500 e. The van der Waals surface area contributed by atoms with E-state index in [-0.39, 0.29) is 0 Å². The van der Waals surface area contributed by atoms with Gasteiger partial charge in [0, 0.05) is 25.9 Å². The van der Waals surface area contributed by atoms with E-state index < -0.39 is 8.80 Å². The van der Waals surface area contributed by atoms with Gasteiger partial charge in [0.2, 0.25) is 0 Å². The summed E-state index contributed by atoms with van der Waals surface area (Å²) in [6.07, 6.45) is 21.6. The molecule has 0 aliphatic carbocycles. The molecular weight excluding hydrogens is 557 g/mol. The van der Waals surface area contributed by atoms with E-state index in [1.807, 2.05) is 0 Å². The molecule has 3 aromatic carbocycles. The lowest BCUT2D eigenvalue weighted by Gasteiger charge is -2.30. The molecule has 0 saturated carbocycles. The first-order chi connectivity index (χ1) is 21.8. The molecule has 0 N–H and O–H groups in total. The average Bonchev–Trinajstić information content (AvgIpc) is 3.06. The molecule has 0 radical (unpaired) electrons. The van der Waals surface area contributed by atoms with Crippen molar-refractivity contribution in [2.75, 3.05) is 19.8 Å². The fraction of sp³-hybridized carbons (Fsp3) is 0.550. The van der Waals surface area contributed by atoms with Crippen LogP contribution in [-0.2, 0) is 32.5 Å². The first-order valence-electron chi connectivity index (χ1n) is 17.8. The highest BCUT2D eigenvalue weighted by atomic mass is 28.4. The number of unbranched alkanes of at least 4 members (excludes halogenated alkanes) is 13. The molecule has 3 nitrogen and oxygen atoms in total. The third-order valence-electron chi connectivity index (χ3n) is 8.50. The predicted molar refractivity (Wildman–Crippen MR) is 189 cm³/mol. The van der Waals surface area contributed by atoms with Gasteiger partial charge in [-0.15, -0.1) is 0 Å². The van der Waals surface area contributed by atoms with E-state index in [0.717, 1.165) is 31.7 Å². The van der Waals surface area contributed by atoms with Crippen molar-refractivity contribution in [3.8, 4) is 0 Å². The van der Waals surface area contributed by atoms with E-state index >= 15 is 0 Å². The quantitative estimate of drug-likeness (QED) is 0.0630. The Morgan fingerprint density at radius 1 is 0.386 bits per heavy atom. The Bertz CT molecular complexity index is 933. The van der Waals surface area contributed by atoms with Gasteiger partial charge in [-0.2, -0.15) is 0 Å². The first kappa shape index (κ1) is 36.2. The maximum atomic E-state index is 6.72. The first-order valence-corrected chi connectivity index (χ1v) is 19.8. The van der Waals surface area contributed by atoms with Crippen molar-refractivity contribution >= 4 is 8.80 Å². The van der Waals surface area contributed by atoms with Crippen LogP contribution >= 0.6 is 0 Å². The van der Waals surface area contributed by atoms with Crippen LogP contribution in [0.15, 0.2) is 91.0 Å². The van der Waals surface area contributed by atoms with Gasteiger partial charge in [-0.25, -0.2) is 0 Å². The summed E-state index contributed by atoms with van der Waals surface area (Å²) in [5.41, 5.74) is 3.88. The number of rotatable bonds is 27. The summed E-state index contributed by atoms with van der Waals surface area (Å²) < 4.78 is 20.2. The second-order valence-corrected chi connectivity index (χ2v) is 15.0. The highest BCUT2D eigenvalue weighted by Crippen LogP contribution is 2.23. The Hall–Kier alpha value is -2.24. The molecule has 44 heavy (non-hydrogen) atoms. The standard InChI is InChI=1S/C40H60O3Si/c1-2-3-4-5-6-7-8-9-10-11-12-13-14-24-37-44(41-34-31-38-25-18-15-19-26-38,42-35-32-39-27-20-16-21-28-39)43-36-33-40-29-22-17-23-30-40/h15-23,25-30H,2-14,24,31-37H2,1H3. The molecule has 0 unspecified atom stereocenters.